The van der Waals surface area contributed by atoms with Gasteiger partial charge in [-0.2, -0.15) is 0 Å². The van der Waals surface area contributed by atoms with Crippen molar-refractivity contribution in [2.75, 3.05) is 0 Å². The Morgan fingerprint density at radius 1 is 1.32 bits per heavy atom. The van der Waals surface area contributed by atoms with Crippen molar-refractivity contribution >= 4 is 29.0 Å². The highest BCUT2D eigenvalue weighted by Crippen LogP contribution is 2.54. The number of carbonyl (C=O) groups is 1. The number of Topliss-reactive ketones (excluding diaryl/α,β-unsaturated/α-hetero) is 1. The third kappa shape index (κ3) is 2.76. The fraction of sp³-hybridized carbons (Fsp3) is 0.611. The Morgan fingerprint density at radius 3 is 2.86 bits per heavy atom. The maximum absolute atomic E-state index is 12.4. The zero-order valence-electron chi connectivity index (χ0n) is 12.9. The molecule has 2 nitrogen and oxygen atoms in total. The predicted octanol–water partition coefficient (Wildman–Crippen LogP) is 5.42. The second-order valence-corrected chi connectivity index (χ2v) is 7.91. The molecule has 0 radical (unpaired) electrons. The van der Waals surface area contributed by atoms with Crippen LogP contribution in [0.25, 0.3) is 0 Å². The van der Waals surface area contributed by atoms with Gasteiger partial charge in [0.05, 0.1) is 5.02 Å². The Morgan fingerprint density at radius 2 is 2.09 bits per heavy atom. The van der Waals surface area contributed by atoms with Crippen molar-refractivity contribution in [2.45, 2.75) is 51.9 Å². The molecular weight excluding hydrogens is 319 g/mol. The summed E-state index contributed by atoms with van der Waals surface area (Å²) < 4.78 is 0. The van der Waals surface area contributed by atoms with E-state index in [0.29, 0.717) is 40.0 Å². The minimum absolute atomic E-state index is 0.0572. The van der Waals surface area contributed by atoms with E-state index in [4.69, 9.17) is 23.2 Å². The molecule has 3 atom stereocenters. The lowest BCUT2D eigenvalue weighted by Gasteiger charge is -2.41. The molecule has 2 saturated carbocycles. The zero-order chi connectivity index (χ0) is 15.9. The number of fused-ring (bicyclic) bond motifs is 1. The molecule has 0 heterocycles. The molecule has 0 spiro atoms. The van der Waals surface area contributed by atoms with Crippen LogP contribution in [0.3, 0.4) is 0 Å². The highest BCUT2D eigenvalue weighted by molar-refractivity contribution is 6.36. The van der Waals surface area contributed by atoms with Gasteiger partial charge in [-0.25, -0.2) is 0 Å². The van der Waals surface area contributed by atoms with E-state index in [1.165, 1.54) is 18.9 Å². The van der Waals surface area contributed by atoms with Crippen LogP contribution in [0.2, 0.25) is 10.0 Å². The highest BCUT2D eigenvalue weighted by Gasteiger charge is 2.48. The van der Waals surface area contributed by atoms with E-state index in [0.717, 1.165) is 24.8 Å². The smallest absolute Gasteiger partial charge is 0.136 e. The number of ketones is 1. The molecule has 2 aliphatic rings. The highest BCUT2D eigenvalue weighted by atomic mass is 35.5. The van der Waals surface area contributed by atoms with E-state index >= 15 is 0 Å². The quantitative estimate of drug-likeness (QED) is 0.797. The number of halogens is 2. The molecule has 0 amide bonds. The molecule has 1 N–H and O–H groups in total. The number of phenols is 1. The number of rotatable bonds is 3. The lowest BCUT2D eigenvalue weighted by molar-refractivity contribution is -0.130. The summed E-state index contributed by atoms with van der Waals surface area (Å²) in [6, 6.07) is 3.18. The number of hydrogen-bond acceptors (Lipinski definition) is 2. The fourth-order valence-electron chi connectivity index (χ4n) is 4.55. The molecule has 2 fully saturated rings. The Balaban J connectivity index is 1.78. The number of aromatic hydroxyl groups is 1. The molecular formula is C18H22Cl2O2. The second-order valence-electron chi connectivity index (χ2n) is 7.12. The molecule has 3 rings (SSSR count). The third-order valence-electron chi connectivity index (χ3n) is 5.87. The topological polar surface area (TPSA) is 37.3 Å². The van der Waals surface area contributed by atoms with Gasteiger partial charge in [0.15, 0.2) is 0 Å². The van der Waals surface area contributed by atoms with Gasteiger partial charge < -0.3 is 5.11 Å². The van der Waals surface area contributed by atoms with Crippen LogP contribution in [0.5, 0.6) is 5.75 Å². The van der Waals surface area contributed by atoms with Crippen molar-refractivity contribution in [3.63, 3.8) is 0 Å². The van der Waals surface area contributed by atoms with Crippen LogP contribution in [0.15, 0.2) is 12.1 Å². The van der Waals surface area contributed by atoms with Crippen molar-refractivity contribution in [3.8, 4) is 5.75 Å². The van der Waals surface area contributed by atoms with Crippen LogP contribution < -0.4 is 0 Å². The standard InChI is InChI=1S/C18H22Cl2O2/c1-18-9-2-3-13(18)11(15(21)8-10-18)4-5-12-14(19)6-7-16(22)17(12)20/h6-7,11,13,22H,2-5,8-10H2,1H3. The van der Waals surface area contributed by atoms with Crippen molar-refractivity contribution in [3.05, 3.63) is 27.7 Å². The van der Waals surface area contributed by atoms with Crippen LogP contribution >= 0.6 is 23.2 Å². The lowest BCUT2D eigenvalue weighted by Crippen LogP contribution is -2.38. The van der Waals surface area contributed by atoms with E-state index in [1.54, 1.807) is 6.07 Å². The molecule has 120 valence electrons. The van der Waals surface area contributed by atoms with Gasteiger partial charge in [-0.3, -0.25) is 4.79 Å². The molecule has 0 bridgehead atoms. The summed E-state index contributed by atoms with van der Waals surface area (Å²) in [6.45, 7) is 2.35. The largest absolute Gasteiger partial charge is 0.506 e. The Bertz CT molecular complexity index is 599. The molecule has 1 aromatic carbocycles. The average Bonchev–Trinajstić information content (AvgIpc) is 2.87. The molecule has 4 heteroatoms. The lowest BCUT2D eigenvalue weighted by atomic mass is 9.63. The normalized spacial score (nSPS) is 31.3. The zero-order valence-corrected chi connectivity index (χ0v) is 14.4. The Hall–Kier alpha value is -0.730. The first-order valence-electron chi connectivity index (χ1n) is 8.11. The Kier molecular flexibility index (Phi) is 4.44. The first kappa shape index (κ1) is 16.1. The average molecular weight is 341 g/mol. The fourth-order valence-corrected chi connectivity index (χ4v) is 5.11. The summed E-state index contributed by atoms with van der Waals surface area (Å²) >= 11 is 12.4. The first-order valence-corrected chi connectivity index (χ1v) is 8.86. The molecule has 1 aromatic rings. The van der Waals surface area contributed by atoms with Crippen molar-refractivity contribution in [1.82, 2.24) is 0 Å². The summed E-state index contributed by atoms with van der Waals surface area (Å²) in [4.78, 5) is 12.4. The third-order valence-corrected chi connectivity index (χ3v) is 6.65. The van der Waals surface area contributed by atoms with Gasteiger partial charge in [0.2, 0.25) is 0 Å². The monoisotopic (exact) mass is 340 g/mol. The number of carbonyl (C=O) groups excluding carboxylic acids is 1. The summed E-state index contributed by atoms with van der Waals surface area (Å²) in [5.41, 5.74) is 1.10. The molecule has 0 aromatic heterocycles. The first-order chi connectivity index (χ1) is 10.4. The van der Waals surface area contributed by atoms with E-state index in [9.17, 15) is 9.90 Å². The minimum Gasteiger partial charge on any atom is -0.506 e. The van der Waals surface area contributed by atoms with Gasteiger partial charge in [-0.15, -0.1) is 0 Å². The molecule has 2 aliphatic carbocycles. The molecule has 0 aliphatic heterocycles. The van der Waals surface area contributed by atoms with Gasteiger partial charge in [0, 0.05) is 17.4 Å². The van der Waals surface area contributed by atoms with Gasteiger partial charge in [-0.05, 0) is 61.1 Å². The summed E-state index contributed by atoms with van der Waals surface area (Å²) in [5.74, 6) is 1.08. The van der Waals surface area contributed by atoms with Crippen molar-refractivity contribution in [2.24, 2.45) is 17.3 Å². The van der Waals surface area contributed by atoms with Gasteiger partial charge in [-0.1, -0.05) is 36.5 Å². The molecule has 22 heavy (non-hydrogen) atoms. The van der Waals surface area contributed by atoms with Crippen LogP contribution in [-0.4, -0.2) is 10.9 Å². The summed E-state index contributed by atoms with van der Waals surface area (Å²) in [7, 11) is 0. The summed E-state index contributed by atoms with van der Waals surface area (Å²) in [6.07, 6.45) is 6.82. The van der Waals surface area contributed by atoms with E-state index in [2.05, 4.69) is 6.92 Å². The van der Waals surface area contributed by atoms with E-state index in [1.807, 2.05) is 0 Å². The van der Waals surface area contributed by atoms with Crippen LogP contribution in [-0.2, 0) is 11.2 Å². The van der Waals surface area contributed by atoms with Crippen LogP contribution in [0, 0.1) is 17.3 Å². The SMILES string of the molecule is CC12CCCC1C(CCc1c(Cl)ccc(O)c1Cl)C(=O)CC2. The molecule has 0 saturated heterocycles. The van der Waals surface area contributed by atoms with Crippen molar-refractivity contribution in [1.29, 1.82) is 0 Å². The van der Waals surface area contributed by atoms with Gasteiger partial charge in [0.25, 0.3) is 0 Å². The van der Waals surface area contributed by atoms with Crippen molar-refractivity contribution < 1.29 is 9.90 Å². The maximum Gasteiger partial charge on any atom is 0.136 e. The number of hydrogen-bond donors (Lipinski definition) is 1. The predicted molar refractivity (Wildman–Crippen MR) is 89.6 cm³/mol. The molecule has 3 unspecified atom stereocenters. The van der Waals surface area contributed by atoms with E-state index < -0.39 is 0 Å². The van der Waals surface area contributed by atoms with Gasteiger partial charge in [0.1, 0.15) is 11.5 Å². The maximum atomic E-state index is 12.4. The minimum atomic E-state index is 0.0572. The Labute approximate surface area is 141 Å². The van der Waals surface area contributed by atoms with Gasteiger partial charge >= 0.3 is 0 Å². The van der Waals surface area contributed by atoms with Crippen LogP contribution in [0.1, 0.15) is 51.0 Å². The second kappa shape index (κ2) is 6.05. The van der Waals surface area contributed by atoms with E-state index in [-0.39, 0.29) is 11.7 Å². The van der Waals surface area contributed by atoms with Crippen LogP contribution in [0.4, 0.5) is 0 Å². The summed E-state index contributed by atoms with van der Waals surface area (Å²) in [5, 5.41) is 10.6. The number of phenolic OH excluding ortho intramolecular Hbond substituents is 1. The number of benzene rings is 1.